The van der Waals surface area contributed by atoms with Crippen molar-refractivity contribution in [2.75, 3.05) is 12.0 Å². The number of halogens is 3. The number of hydrogen-bond acceptors (Lipinski definition) is 3. The predicted molar refractivity (Wildman–Crippen MR) is 84.3 cm³/mol. The zero-order valence-electron chi connectivity index (χ0n) is 13.2. The molecule has 0 aromatic heterocycles. The van der Waals surface area contributed by atoms with Crippen LogP contribution in [-0.2, 0) is 15.8 Å². The second-order valence-corrected chi connectivity index (χ2v) is 5.64. The van der Waals surface area contributed by atoms with Gasteiger partial charge in [0.2, 0.25) is 5.78 Å². The van der Waals surface area contributed by atoms with Crippen LogP contribution in [-0.4, -0.2) is 18.8 Å². The van der Waals surface area contributed by atoms with E-state index in [-0.39, 0.29) is 12.1 Å². The lowest BCUT2D eigenvalue weighted by molar-refractivity contribution is -0.137. The van der Waals surface area contributed by atoms with E-state index in [9.17, 15) is 22.8 Å². The summed E-state index contributed by atoms with van der Waals surface area (Å²) in [6, 6.07) is 10.5. The average Bonchev–Trinajstić information content (AvgIpc) is 2.89. The number of alkyl halides is 3. The van der Waals surface area contributed by atoms with E-state index in [2.05, 4.69) is 0 Å². The monoisotopic (exact) mass is 349 g/mol. The maximum absolute atomic E-state index is 12.7. The molecule has 0 spiro atoms. The highest BCUT2D eigenvalue weighted by Crippen LogP contribution is 2.38. The van der Waals surface area contributed by atoms with Crippen molar-refractivity contribution in [3.63, 3.8) is 0 Å². The van der Waals surface area contributed by atoms with E-state index < -0.39 is 29.5 Å². The van der Waals surface area contributed by atoms with Crippen LogP contribution >= 0.6 is 0 Å². The van der Waals surface area contributed by atoms with Gasteiger partial charge in [-0.2, -0.15) is 13.2 Å². The Morgan fingerprint density at radius 2 is 1.76 bits per heavy atom. The van der Waals surface area contributed by atoms with Crippen molar-refractivity contribution >= 4 is 17.4 Å². The lowest BCUT2D eigenvalue weighted by Crippen LogP contribution is -2.29. The summed E-state index contributed by atoms with van der Waals surface area (Å²) in [7, 11) is 1.50. The number of hydrogen-bond donors (Lipinski definition) is 0. The lowest BCUT2D eigenvalue weighted by Gasteiger charge is -2.25. The number of Topliss-reactive ketones (excluding diaryl/α,β-unsaturated/α-hetero) is 1. The van der Waals surface area contributed by atoms with Gasteiger partial charge in [0.15, 0.2) is 0 Å². The first-order valence-electron chi connectivity index (χ1n) is 7.49. The van der Waals surface area contributed by atoms with E-state index in [4.69, 9.17) is 4.74 Å². The Morgan fingerprint density at radius 1 is 1.08 bits per heavy atom. The summed E-state index contributed by atoms with van der Waals surface area (Å²) in [5.74, 6) is -0.739. The minimum Gasteiger partial charge on any atom is -0.497 e. The number of nitrogens with zero attached hydrogens (tertiary/aromatic N) is 1. The molecule has 1 aliphatic rings. The fourth-order valence-corrected chi connectivity index (χ4v) is 2.85. The van der Waals surface area contributed by atoms with Crippen LogP contribution in [0.1, 0.15) is 23.6 Å². The van der Waals surface area contributed by atoms with Gasteiger partial charge in [0.25, 0.3) is 5.91 Å². The van der Waals surface area contributed by atoms with E-state index in [0.717, 1.165) is 12.1 Å². The van der Waals surface area contributed by atoms with Crippen LogP contribution in [0, 0.1) is 0 Å². The zero-order chi connectivity index (χ0) is 18.2. The normalized spacial score (nSPS) is 17.9. The maximum atomic E-state index is 12.7. The second-order valence-electron chi connectivity index (χ2n) is 5.64. The predicted octanol–water partition coefficient (Wildman–Crippen LogP) is 3.76. The van der Waals surface area contributed by atoms with Gasteiger partial charge in [0.1, 0.15) is 5.75 Å². The highest BCUT2D eigenvalue weighted by atomic mass is 19.4. The van der Waals surface area contributed by atoms with Gasteiger partial charge in [-0.3, -0.25) is 14.5 Å². The molecule has 0 radical (unpaired) electrons. The zero-order valence-corrected chi connectivity index (χ0v) is 13.2. The van der Waals surface area contributed by atoms with Crippen molar-refractivity contribution in [2.24, 2.45) is 0 Å². The van der Waals surface area contributed by atoms with Crippen molar-refractivity contribution in [2.45, 2.75) is 18.6 Å². The molecule has 1 amide bonds. The van der Waals surface area contributed by atoms with Gasteiger partial charge < -0.3 is 4.74 Å². The number of amides is 1. The van der Waals surface area contributed by atoms with Crippen LogP contribution in [0.4, 0.5) is 18.9 Å². The number of rotatable bonds is 3. The SMILES string of the molecule is COc1cccc([C@H]2CC(=O)C(=O)N2c2ccc(C(F)(F)F)cc2)c1. The fourth-order valence-electron chi connectivity index (χ4n) is 2.85. The van der Waals surface area contributed by atoms with Gasteiger partial charge in [-0.25, -0.2) is 0 Å². The molecule has 3 rings (SSSR count). The Morgan fingerprint density at radius 3 is 2.36 bits per heavy atom. The lowest BCUT2D eigenvalue weighted by atomic mass is 10.0. The van der Waals surface area contributed by atoms with Gasteiger partial charge in [0.05, 0.1) is 18.7 Å². The topological polar surface area (TPSA) is 46.6 Å². The molecule has 0 aliphatic carbocycles. The number of carbonyl (C=O) groups excluding carboxylic acids is 2. The summed E-state index contributed by atoms with van der Waals surface area (Å²) in [5, 5.41) is 0. The quantitative estimate of drug-likeness (QED) is 0.793. The maximum Gasteiger partial charge on any atom is 0.416 e. The molecular weight excluding hydrogens is 335 g/mol. The molecule has 0 saturated carbocycles. The van der Waals surface area contributed by atoms with Gasteiger partial charge in [-0.1, -0.05) is 12.1 Å². The molecule has 0 bridgehead atoms. The van der Waals surface area contributed by atoms with Crippen molar-refractivity contribution < 1.29 is 27.5 Å². The molecule has 1 aliphatic heterocycles. The van der Waals surface area contributed by atoms with Crippen LogP contribution < -0.4 is 9.64 Å². The number of benzene rings is 2. The fraction of sp³-hybridized carbons (Fsp3) is 0.222. The first-order chi connectivity index (χ1) is 11.8. The number of ether oxygens (including phenoxy) is 1. The molecule has 25 heavy (non-hydrogen) atoms. The van der Waals surface area contributed by atoms with Crippen LogP contribution in [0.15, 0.2) is 48.5 Å². The van der Waals surface area contributed by atoms with Crippen molar-refractivity contribution in [3.8, 4) is 5.75 Å². The third-order valence-electron chi connectivity index (χ3n) is 4.10. The Balaban J connectivity index is 1.99. The van der Waals surface area contributed by atoms with Crippen molar-refractivity contribution in [3.05, 3.63) is 59.7 Å². The Labute approximate surface area is 141 Å². The van der Waals surface area contributed by atoms with Gasteiger partial charge >= 0.3 is 6.18 Å². The van der Waals surface area contributed by atoms with Crippen LogP contribution in [0.5, 0.6) is 5.75 Å². The first kappa shape index (κ1) is 17.0. The van der Waals surface area contributed by atoms with Crippen LogP contribution in [0.25, 0.3) is 0 Å². The van der Waals surface area contributed by atoms with E-state index in [1.165, 1.54) is 24.1 Å². The molecule has 1 heterocycles. The van der Waals surface area contributed by atoms with Crippen LogP contribution in [0.3, 0.4) is 0 Å². The smallest absolute Gasteiger partial charge is 0.416 e. The highest BCUT2D eigenvalue weighted by molar-refractivity contribution is 6.44. The number of ketones is 1. The molecular formula is C18H14F3NO3. The molecule has 4 nitrogen and oxygen atoms in total. The highest BCUT2D eigenvalue weighted by Gasteiger charge is 2.40. The summed E-state index contributed by atoms with van der Waals surface area (Å²) in [5.41, 5.74) is 0.113. The third-order valence-corrected chi connectivity index (χ3v) is 4.10. The summed E-state index contributed by atoms with van der Waals surface area (Å²) in [6.07, 6.45) is -4.50. The molecule has 0 N–H and O–H groups in total. The summed E-state index contributed by atoms with van der Waals surface area (Å²) in [6.45, 7) is 0. The molecule has 2 aromatic rings. The van der Waals surface area contributed by atoms with E-state index in [1.54, 1.807) is 24.3 Å². The standard InChI is InChI=1S/C18H14F3NO3/c1-25-14-4-2-3-11(9-14)15-10-16(23)17(24)22(15)13-7-5-12(6-8-13)18(19,20)21/h2-9,15H,10H2,1H3/t15-/m1/s1. The molecule has 1 atom stereocenters. The van der Waals surface area contributed by atoms with E-state index in [1.807, 2.05) is 0 Å². The molecule has 7 heteroatoms. The number of carbonyl (C=O) groups is 2. The Kier molecular flexibility index (Phi) is 4.24. The minimum absolute atomic E-state index is 0.0347. The van der Waals surface area contributed by atoms with Crippen molar-refractivity contribution in [1.82, 2.24) is 0 Å². The minimum atomic E-state index is -4.46. The Hall–Kier alpha value is -2.83. The van der Waals surface area contributed by atoms with E-state index >= 15 is 0 Å². The number of methoxy groups -OCH3 is 1. The molecule has 130 valence electrons. The van der Waals surface area contributed by atoms with E-state index in [0.29, 0.717) is 11.3 Å². The summed E-state index contributed by atoms with van der Waals surface area (Å²) in [4.78, 5) is 25.4. The van der Waals surface area contributed by atoms with Gasteiger partial charge in [-0.15, -0.1) is 0 Å². The third kappa shape index (κ3) is 3.22. The summed E-state index contributed by atoms with van der Waals surface area (Å²) >= 11 is 0. The van der Waals surface area contributed by atoms with Crippen molar-refractivity contribution in [1.29, 1.82) is 0 Å². The van der Waals surface area contributed by atoms with Gasteiger partial charge in [-0.05, 0) is 42.0 Å². The summed E-state index contributed by atoms with van der Waals surface area (Å²) < 4.78 is 43.3. The average molecular weight is 349 g/mol. The molecule has 1 fully saturated rings. The Bertz CT molecular complexity index is 815. The number of anilines is 1. The van der Waals surface area contributed by atoms with Gasteiger partial charge in [0, 0.05) is 12.1 Å². The molecule has 0 unspecified atom stereocenters. The second kappa shape index (κ2) is 6.23. The molecule has 2 aromatic carbocycles. The largest absolute Gasteiger partial charge is 0.497 e. The first-order valence-corrected chi connectivity index (χ1v) is 7.49. The van der Waals surface area contributed by atoms with Crippen LogP contribution in [0.2, 0.25) is 0 Å². The molecule has 1 saturated heterocycles.